The number of nitriles is 1. The average Bonchev–Trinajstić information content (AvgIpc) is 3.06. The van der Waals surface area contributed by atoms with Crippen molar-refractivity contribution in [3.8, 4) is 17.7 Å². The molecule has 0 radical (unpaired) electrons. The van der Waals surface area contributed by atoms with Crippen molar-refractivity contribution in [2.45, 2.75) is 12.1 Å². The van der Waals surface area contributed by atoms with E-state index in [1.54, 1.807) is 30.0 Å². The first-order valence-corrected chi connectivity index (χ1v) is 6.99. The maximum absolute atomic E-state index is 11.9. The number of carbonyl (C=O) groups is 1. The van der Waals surface area contributed by atoms with E-state index in [-0.39, 0.29) is 22.8 Å². The Labute approximate surface area is 125 Å². The average molecular weight is 303 g/mol. The Hall–Kier alpha value is -2.53. The lowest BCUT2D eigenvalue weighted by molar-refractivity contribution is -0.112. The molecular formula is C13H13N5O2S. The molecule has 0 atom stereocenters. The van der Waals surface area contributed by atoms with Crippen LogP contribution in [0.4, 0.5) is 0 Å². The van der Waals surface area contributed by atoms with E-state index < -0.39 is 0 Å². The van der Waals surface area contributed by atoms with Crippen molar-refractivity contribution in [3.63, 3.8) is 0 Å². The molecule has 108 valence electrons. The molecule has 0 unspecified atom stereocenters. The molecule has 2 N–H and O–H groups in total. The molecule has 2 rings (SSSR count). The summed E-state index contributed by atoms with van der Waals surface area (Å²) < 4.78 is 6.98. The van der Waals surface area contributed by atoms with Gasteiger partial charge in [0.1, 0.15) is 11.6 Å². The summed E-state index contributed by atoms with van der Waals surface area (Å²) in [6, 6.07) is 5.35. The minimum Gasteiger partial charge on any atom is -0.461 e. The number of carbonyl (C=O) groups excluding carboxylic acids is 1. The molecule has 0 bridgehead atoms. The predicted molar refractivity (Wildman–Crippen MR) is 76.9 cm³/mol. The van der Waals surface area contributed by atoms with Crippen molar-refractivity contribution in [3.05, 3.63) is 29.7 Å². The predicted octanol–water partition coefficient (Wildman–Crippen LogP) is 1.49. The molecule has 0 saturated heterocycles. The van der Waals surface area contributed by atoms with Crippen molar-refractivity contribution in [2.24, 2.45) is 12.8 Å². The van der Waals surface area contributed by atoms with Crippen LogP contribution >= 0.6 is 11.8 Å². The second-order valence-corrected chi connectivity index (χ2v) is 5.17. The number of hydrogen-bond donors (Lipinski definition) is 1. The highest BCUT2D eigenvalue weighted by atomic mass is 32.2. The van der Waals surface area contributed by atoms with Gasteiger partial charge in [-0.3, -0.25) is 4.79 Å². The van der Waals surface area contributed by atoms with E-state index >= 15 is 0 Å². The van der Waals surface area contributed by atoms with Crippen LogP contribution in [-0.2, 0) is 11.8 Å². The summed E-state index contributed by atoms with van der Waals surface area (Å²) in [6.07, 6.45) is 1.55. The summed E-state index contributed by atoms with van der Waals surface area (Å²) in [5, 5.41) is 17.5. The maximum Gasteiger partial charge on any atom is 0.200 e. The first kappa shape index (κ1) is 14.9. The van der Waals surface area contributed by atoms with Crippen LogP contribution < -0.4 is 5.73 Å². The summed E-state index contributed by atoms with van der Waals surface area (Å²) in [7, 11) is 1.78. The molecule has 2 aromatic heterocycles. The number of hydrogen-bond acceptors (Lipinski definition) is 7. The summed E-state index contributed by atoms with van der Waals surface area (Å²) in [5.41, 5.74) is 5.70. The molecule has 0 amide bonds. The van der Waals surface area contributed by atoms with Crippen LogP contribution in [-0.4, -0.2) is 26.3 Å². The molecule has 2 heterocycles. The van der Waals surface area contributed by atoms with E-state index in [2.05, 4.69) is 10.2 Å². The monoisotopic (exact) mass is 303 g/mol. The number of rotatable bonds is 5. The number of aromatic nitrogens is 3. The fourth-order valence-corrected chi connectivity index (χ4v) is 2.42. The number of nitrogens with zero attached hydrogens (tertiary/aromatic N) is 4. The van der Waals surface area contributed by atoms with Crippen molar-refractivity contribution < 1.29 is 9.21 Å². The van der Waals surface area contributed by atoms with E-state index in [1.165, 1.54) is 18.7 Å². The zero-order valence-electron chi connectivity index (χ0n) is 11.5. The topological polar surface area (TPSA) is 111 Å². The molecule has 0 aliphatic rings. The van der Waals surface area contributed by atoms with Gasteiger partial charge in [-0.25, -0.2) is 0 Å². The van der Waals surface area contributed by atoms with Gasteiger partial charge in [-0.2, -0.15) is 5.26 Å². The SMILES string of the molecule is C/C(N)=C(\C#N)C(=O)CSc1nnc(-c2ccco2)n1C. The Morgan fingerprint density at radius 3 is 2.90 bits per heavy atom. The van der Waals surface area contributed by atoms with Gasteiger partial charge >= 0.3 is 0 Å². The molecule has 0 spiro atoms. The first-order valence-electron chi connectivity index (χ1n) is 6.00. The molecule has 8 heteroatoms. The van der Waals surface area contributed by atoms with Gasteiger partial charge in [0.05, 0.1) is 12.0 Å². The van der Waals surface area contributed by atoms with Gasteiger partial charge in [0.2, 0.25) is 0 Å². The number of thioether (sulfide) groups is 1. The van der Waals surface area contributed by atoms with E-state index in [4.69, 9.17) is 15.4 Å². The van der Waals surface area contributed by atoms with E-state index in [1.807, 2.05) is 6.07 Å². The zero-order chi connectivity index (χ0) is 15.4. The summed E-state index contributed by atoms with van der Waals surface area (Å²) in [6.45, 7) is 1.53. The molecular weight excluding hydrogens is 290 g/mol. The highest BCUT2D eigenvalue weighted by Crippen LogP contribution is 2.23. The highest BCUT2D eigenvalue weighted by molar-refractivity contribution is 7.99. The van der Waals surface area contributed by atoms with Crippen LogP contribution in [0.15, 0.2) is 39.2 Å². The molecule has 0 fully saturated rings. The smallest absolute Gasteiger partial charge is 0.200 e. The zero-order valence-corrected chi connectivity index (χ0v) is 12.3. The van der Waals surface area contributed by atoms with Crippen LogP contribution in [0, 0.1) is 11.3 Å². The number of furan rings is 1. The minimum absolute atomic E-state index is 0.0177. The lowest BCUT2D eigenvalue weighted by atomic mass is 10.2. The Balaban J connectivity index is 2.11. The van der Waals surface area contributed by atoms with Gasteiger partial charge in [-0.1, -0.05) is 11.8 Å². The Bertz CT molecular complexity index is 720. The molecule has 7 nitrogen and oxygen atoms in total. The Morgan fingerprint density at radius 1 is 1.57 bits per heavy atom. The lowest BCUT2D eigenvalue weighted by Gasteiger charge is -2.02. The fraction of sp³-hybridized carbons (Fsp3) is 0.231. The van der Waals surface area contributed by atoms with Crippen molar-refractivity contribution >= 4 is 17.5 Å². The summed E-state index contributed by atoms with van der Waals surface area (Å²) >= 11 is 1.19. The van der Waals surface area contributed by atoms with Crippen LogP contribution in [0.3, 0.4) is 0 Å². The number of allylic oxidation sites excluding steroid dienone is 2. The van der Waals surface area contributed by atoms with E-state index in [9.17, 15) is 4.79 Å². The molecule has 21 heavy (non-hydrogen) atoms. The second kappa shape index (κ2) is 6.28. The van der Waals surface area contributed by atoms with Gasteiger partial charge in [-0.15, -0.1) is 10.2 Å². The Morgan fingerprint density at radius 2 is 2.33 bits per heavy atom. The van der Waals surface area contributed by atoms with Gasteiger partial charge in [0.25, 0.3) is 0 Å². The van der Waals surface area contributed by atoms with Crippen LogP contribution in [0.25, 0.3) is 11.6 Å². The lowest BCUT2D eigenvalue weighted by Crippen LogP contribution is -2.10. The number of Topliss-reactive ketones (excluding diaryl/α,β-unsaturated/α-hetero) is 1. The van der Waals surface area contributed by atoms with Crippen molar-refractivity contribution in [2.75, 3.05) is 5.75 Å². The number of ketones is 1. The standard InChI is InChI=1S/C13H13N5O2S/c1-8(15)9(6-14)10(19)7-21-13-17-16-12(18(13)2)11-4-3-5-20-11/h3-5H,7,15H2,1-2H3/b9-8-. The van der Waals surface area contributed by atoms with Gasteiger partial charge < -0.3 is 14.7 Å². The molecule has 0 aliphatic carbocycles. The highest BCUT2D eigenvalue weighted by Gasteiger charge is 2.16. The van der Waals surface area contributed by atoms with Crippen LogP contribution in [0.5, 0.6) is 0 Å². The molecule has 0 aromatic carbocycles. The quantitative estimate of drug-likeness (QED) is 0.506. The van der Waals surface area contributed by atoms with Crippen LogP contribution in [0.1, 0.15) is 6.92 Å². The van der Waals surface area contributed by atoms with Crippen LogP contribution in [0.2, 0.25) is 0 Å². The third-order valence-electron chi connectivity index (χ3n) is 2.69. The summed E-state index contributed by atoms with van der Waals surface area (Å²) in [4.78, 5) is 11.9. The van der Waals surface area contributed by atoms with Gasteiger partial charge in [0, 0.05) is 12.7 Å². The van der Waals surface area contributed by atoms with E-state index in [0.717, 1.165) is 0 Å². The maximum atomic E-state index is 11.9. The van der Waals surface area contributed by atoms with Crippen molar-refractivity contribution in [1.82, 2.24) is 14.8 Å². The normalized spacial score (nSPS) is 11.9. The second-order valence-electron chi connectivity index (χ2n) is 4.22. The largest absolute Gasteiger partial charge is 0.461 e. The number of nitrogens with two attached hydrogens (primary N) is 1. The summed E-state index contributed by atoms with van der Waals surface area (Å²) in [5.74, 6) is 0.909. The van der Waals surface area contributed by atoms with E-state index in [0.29, 0.717) is 16.7 Å². The third kappa shape index (κ3) is 3.14. The first-order chi connectivity index (χ1) is 10.0. The Kier molecular flexibility index (Phi) is 4.45. The molecule has 0 aliphatic heterocycles. The molecule has 0 saturated carbocycles. The molecule has 2 aromatic rings. The van der Waals surface area contributed by atoms with Gasteiger partial charge in [0.15, 0.2) is 22.5 Å². The minimum atomic E-state index is -0.329. The van der Waals surface area contributed by atoms with Gasteiger partial charge in [-0.05, 0) is 19.1 Å². The third-order valence-corrected chi connectivity index (χ3v) is 3.71. The fourth-order valence-electron chi connectivity index (χ4n) is 1.63. The van der Waals surface area contributed by atoms with Crippen molar-refractivity contribution in [1.29, 1.82) is 5.26 Å².